The van der Waals surface area contributed by atoms with Gasteiger partial charge in [-0.25, -0.2) is 0 Å². The van der Waals surface area contributed by atoms with E-state index in [0.717, 1.165) is 18.0 Å². The summed E-state index contributed by atoms with van der Waals surface area (Å²) < 4.78 is 5.93. The molecule has 1 aromatic carbocycles. The van der Waals surface area contributed by atoms with Gasteiger partial charge in [0.1, 0.15) is 5.75 Å². The zero-order valence-corrected chi connectivity index (χ0v) is 13.4. The highest BCUT2D eigenvalue weighted by molar-refractivity contribution is 5.56. The second-order valence-corrected chi connectivity index (χ2v) is 7.30. The molecule has 1 saturated carbocycles. The normalized spacial score (nSPS) is 21.8. The molecule has 1 aliphatic carbocycles. The Bertz CT molecular complexity index is 425. The summed E-state index contributed by atoms with van der Waals surface area (Å²) in [4.78, 5) is 0. The Kier molecular flexibility index (Phi) is 4.95. The number of para-hydroxylation sites is 2. The molecule has 112 valence electrons. The van der Waals surface area contributed by atoms with Crippen molar-refractivity contribution < 1.29 is 4.74 Å². The van der Waals surface area contributed by atoms with Gasteiger partial charge in [-0.3, -0.25) is 0 Å². The first kappa shape index (κ1) is 15.2. The molecule has 1 aromatic rings. The molecule has 0 spiro atoms. The lowest BCUT2D eigenvalue weighted by molar-refractivity contribution is 0.228. The average molecular weight is 275 g/mol. The van der Waals surface area contributed by atoms with E-state index in [2.05, 4.69) is 51.2 Å². The molecule has 20 heavy (non-hydrogen) atoms. The Labute approximate surface area is 123 Å². The highest BCUT2D eigenvalue weighted by Crippen LogP contribution is 2.37. The fourth-order valence-electron chi connectivity index (χ4n) is 3.01. The molecular formula is C18H29NO. The molecule has 0 amide bonds. The Balaban J connectivity index is 2.01. The van der Waals surface area contributed by atoms with Crippen LogP contribution in [0.25, 0.3) is 0 Å². The van der Waals surface area contributed by atoms with Gasteiger partial charge in [0.2, 0.25) is 0 Å². The number of ether oxygens (including phenoxy) is 1. The van der Waals surface area contributed by atoms with Gasteiger partial charge in [-0.2, -0.15) is 0 Å². The molecule has 2 nitrogen and oxygen atoms in total. The first-order valence-corrected chi connectivity index (χ1v) is 7.95. The number of nitrogens with one attached hydrogen (secondary N) is 1. The molecule has 0 heterocycles. The largest absolute Gasteiger partial charge is 0.491 e. The van der Waals surface area contributed by atoms with Gasteiger partial charge in [0.15, 0.2) is 0 Å². The second kappa shape index (κ2) is 6.51. The maximum Gasteiger partial charge on any atom is 0.142 e. The number of anilines is 1. The Morgan fingerprint density at radius 3 is 2.75 bits per heavy atom. The molecule has 1 atom stereocenters. The van der Waals surface area contributed by atoms with Crippen LogP contribution in [0.1, 0.15) is 53.4 Å². The van der Waals surface area contributed by atoms with Crippen LogP contribution in [0.5, 0.6) is 5.75 Å². The summed E-state index contributed by atoms with van der Waals surface area (Å²) >= 11 is 0. The molecule has 1 N–H and O–H groups in total. The predicted molar refractivity (Wildman–Crippen MR) is 86.4 cm³/mol. The monoisotopic (exact) mass is 275 g/mol. The van der Waals surface area contributed by atoms with E-state index >= 15 is 0 Å². The molecule has 0 bridgehead atoms. The van der Waals surface area contributed by atoms with Crippen LogP contribution in [-0.4, -0.2) is 12.6 Å². The molecule has 2 rings (SSSR count). The lowest BCUT2D eigenvalue weighted by Gasteiger charge is -2.36. The first-order valence-electron chi connectivity index (χ1n) is 7.95. The maximum atomic E-state index is 5.93. The summed E-state index contributed by atoms with van der Waals surface area (Å²) in [5.41, 5.74) is 1.61. The average Bonchev–Trinajstić information content (AvgIpc) is 2.36. The molecule has 1 aliphatic rings. The van der Waals surface area contributed by atoms with Crippen molar-refractivity contribution in [3.05, 3.63) is 24.3 Å². The molecule has 0 saturated heterocycles. The van der Waals surface area contributed by atoms with Crippen molar-refractivity contribution in [1.29, 1.82) is 0 Å². The molecular weight excluding hydrogens is 246 g/mol. The van der Waals surface area contributed by atoms with Crippen LogP contribution in [0.2, 0.25) is 0 Å². The van der Waals surface area contributed by atoms with Gasteiger partial charge >= 0.3 is 0 Å². The minimum atomic E-state index is 0.462. The van der Waals surface area contributed by atoms with E-state index < -0.39 is 0 Å². The zero-order valence-electron chi connectivity index (χ0n) is 13.4. The van der Waals surface area contributed by atoms with Crippen molar-refractivity contribution in [2.45, 2.75) is 59.4 Å². The van der Waals surface area contributed by atoms with E-state index in [1.54, 1.807) is 0 Å². The van der Waals surface area contributed by atoms with Gasteiger partial charge in [0, 0.05) is 6.04 Å². The number of hydrogen-bond donors (Lipinski definition) is 1. The zero-order chi connectivity index (χ0) is 14.6. The number of benzene rings is 1. The summed E-state index contributed by atoms with van der Waals surface area (Å²) in [6, 6.07) is 8.91. The minimum absolute atomic E-state index is 0.462. The van der Waals surface area contributed by atoms with E-state index in [1.807, 2.05) is 6.07 Å². The van der Waals surface area contributed by atoms with Gasteiger partial charge in [-0.05, 0) is 42.7 Å². The van der Waals surface area contributed by atoms with Crippen molar-refractivity contribution in [3.63, 3.8) is 0 Å². The first-order chi connectivity index (χ1) is 9.46. The molecule has 0 aromatic heterocycles. The highest BCUT2D eigenvalue weighted by Gasteiger charge is 2.28. The predicted octanol–water partition coefficient (Wildman–Crippen LogP) is 5.10. The lowest BCUT2D eigenvalue weighted by Crippen LogP contribution is -2.31. The van der Waals surface area contributed by atoms with Gasteiger partial charge in [-0.15, -0.1) is 0 Å². The summed E-state index contributed by atoms with van der Waals surface area (Å²) in [5, 5.41) is 3.70. The van der Waals surface area contributed by atoms with E-state index in [-0.39, 0.29) is 0 Å². The molecule has 0 aliphatic heterocycles. The molecule has 2 heteroatoms. The van der Waals surface area contributed by atoms with Crippen LogP contribution in [0.4, 0.5) is 5.69 Å². The topological polar surface area (TPSA) is 21.3 Å². The Morgan fingerprint density at radius 1 is 1.30 bits per heavy atom. The fourth-order valence-corrected chi connectivity index (χ4v) is 3.01. The SMILES string of the molecule is CC(C)COc1ccccc1NC1CCCC(C)(C)C1. The van der Waals surface area contributed by atoms with Gasteiger partial charge in [0.25, 0.3) is 0 Å². The lowest BCUT2D eigenvalue weighted by atomic mass is 9.75. The summed E-state index contributed by atoms with van der Waals surface area (Å²) in [6.45, 7) is 9.89. The highest BCUT2D eigenvalue weighted by atomic mass is 16.5. The molecule has 0 radical (unpaired) electrons. The quantitative estimate of drug-likeness (QED) is 0.807. The van der Waals surface area contributed by atoms with Gasteiger partial charge in [0.05, 0.1) is 12.3 Å². The second-order valence-electron chi connectivity index (χ2n) is 7.30. The third kappa shape index (κ3) is 4.43. The van der Waals surface area contributed by atoms with Gasteiger partial charge in [-0.1, -0.05) is 46.2 Å². The number of rotatable bonds is 5. The third-order valence-electron chi connectivity index (χ3n) is 4.02. The van der Waals surface area contributed by atoms with E-state index in [4.69, 9.17) is 4.74 Å². The van der Waals surface area contributed by atoms with E-state index in [0.29, 0.717) is 17.4 Å². The van der Waals surface area contributed by atoms with Crippen molar-refractivity contribution in [2.24, 2.45) is 11.3 Å². The van der Waals surface area contributed by atoms with E-state index in [9.17, 15) is 0 Å². The van der Waals surface area contributed by atoms with Crippen LogP contribution in [-0.2, 0) is 0 Å². The molecule has 1 fully saturated rings. The minimum Gasteiger partial charge on any atom is -0.491 e. The van der Waals surface area contributed by atoms with Crippen molar-refractivity contribution in [3.8, 4) is 5.75 Å². The summed E-state index contributed by atoms with van der Waals surface area (Å²) in [5.74, 6) is 1.54. The van der Waals surface area contributed by atoms with Crippen molar-refractivity contribution >= 4 is 5.69 Å². The van der Waals surface area contributed by atoms with Crippen LogP contribution in [0, 0.1) is 11.3 Å². The van der Waals surface area contributed by atoms with Crippen molar-refractivity contribution in [2.75, 3.05) is 11.9 Å². The summed E-state index contributed by atoms with van der Waals surface area (Å²) in [7, 11) is 0. The van der Waals surface area contributed by atoms with Crippen LogP contribution >= 0.6 is 0 Å². The fraction of sp³-hybridized carbons (Fsp3) is 0.667. The smallest absolute Gasteiger partial charge is 0.142 e. The van der Waals surface area contributed by atoms with Gasteiger partial charge < -0.3 is 10.1 Å². The summed E-state index contributed by atoms with van der Waals surface area (Å²) in [6.07, 6.45) is 5.17. The Morgan fingerprint density at radius 2 is 2.05 bits per heavy atom. The van der Waals surface area contributed by atoms with E-state index in [1.165, 1.54) is 25.7 Å². The number of hydrogen-bond acceptors (Lipinski definition) is 2. The Hall–Kier alpha value is -1.18. The maximum absolute atomic E-state index is 5.93. The van der Waals surface area contributed by atoms with Crippen LogP contribution < -0.4 is 10.1 Å². The molecule has 1 unspecified atom stereocenters. The van der Waals surface area contributed by atoms with Crippen molar-refractivity contribution in [1.82, 2.24) is 0 Å². The van der Waals surface area contributed by atoms with Crippen LogP contribution in [0.3, 0.4) is 0 Å². The van der Waals surface area contributed by atoms with Crippen LogP contribution in [0.15, 0.2) is 24.3 Å². The standard InChI is InChI=1S/C18H29NO/c1-14(2)13-20-17-10-6-5-9-16(17)19-15-8-7-11-18(3,4)12-15/h5-6,9-10,14-15,19H,7-8,11-13H2,1-4H3. The third-order valence-corrected chi connectivity index (χ3v) is 4.02.